The summed E-state index contributed by atoms with van der Waals surface area (Å²) in [5.41, 5.74) is 2.63. The molecule has 0 saturated heterocycles. The highest BCUT2D eigenvalue weighted by atomic mass is 32.1. The summed E-state index contributed by atoms with van der Waals surface area (Å²) in [4.78, 5) is 22.3. The van der Waals surface area contributed by atoms with Crippen LogP contribution < -0.4 is 5.56 Å². The van der Waals surface area contributed by atoms with Crippen LogP contribution >= 0.6 is 11.3 Å². The van der Waals surface area contributed by atoms with Gasteiger partial charge in [-0.15, -0.1) is 11.3 Å². The van der Waals surface area contributed by atoms with Gasteiger partial charge >= 0.3 is 0 Å². The van der Waals surface area contributed by atoms with Gasteiger partial charge in [0.1, 0.15) is 15.3 Å². The van der Waals surface area contributed by atoms with Crippen molar-refractivity contribution in [3.63, 3.8) is 0 Å². The number of fused-ring (bicyclic) bond motifs is 3. The van der Waals surface area contributed by atoms with Crippen LogP contribution in [0, 0.1) is 13.8 Å². The number of nitrogens with zero attached hydrogens (tertiary/aromatic N) is 4. The number of aryl methyl sites for hydroxylation is 3. The summed E-state index contributed by atoms with van der Waals surface area (Å²) in [6.45, 7) is 4.34. The molecule has 0 atom stereocenters. The van der Waals surface area contributed by atoms with Gasteiger partial charge in [0.25, 0.3) is 5.56 Å². The summed E-state index contributed by atoms with van der Waals surface area (Å²) in [6, 6.07) is 3.81. The van der Waals surface area contributed by atoms with Crippen molar-refractivity contribution in [2.75, 3.05) is 0 Å². The van der Waals surface area contributed by atoms with E-state index in [4.69, 9.17) is 4.52 Å². The van der Waals surface area contributed by atoms with Crippen LogP contribution in [0.1, 0.15) is 17.0 Å². The third kappa shape index (κ3) is 2.24. The monoisotopic (exact) mass is 326 g/mol. The molecule has 116 valence electrons. The van der Waals surface area contributed by atoms with E-state index in [1.165, 1.54) is 11.3 Å². The number of hydrogen-bond donors (Lipinski definition) is 0. The van der Waals surface area contributed by atoms with Gasteiger partial charge in [-0.3, -0.25) is 9.36 Å². The van der Waals surface area contributed by atoms with Crippen molar-refractivity contribution in [2.24, 2.45) is 0 Å². The first-order chi connectivity index (χ1) is 11.1. The minimum atomic E-state index is -0.0234. The number of thiophene rings is 1. The number of rotatable bonds is 3. The van der Waals surface area contributed by atoms with Crippen LogP contribution in [0.4, 0.5) is 0 Å². The minimum absolute atomic E-state index is 0.0234. The third-order valence-corrected chi connectivity index (χ3v) is 5.10. The van der Waals surface area contributed by atoms with Gasteiger partial charge in [0.15, 0.2) is 0 Å². The van der Waals surface area contributed by atoms with Gasteiger partial charge in [0.2, 0.25) is 0 Å². The van der Waals surface area contributed by atoms with Crippen LogP contribution in [0.3, 0.4) is 0 Å². The van der Waals surface area contributed by atoms with Crippen molar-refractivity contribution in [3.05, 3.63) is 52.0 Å². The van der Waals surface area contributed by atoms with Crippen LogP contribution in [-0.2, 0) is 13.0 Å². The van der Waals surface area contributed by atoms with Crippen LogP contribution in [-0.4, -0.2) is 19.7 Å². The minimum Gasteiger partial charge on any atom is -0.361 e. The quantitative estimate of drug-likeness (QED) is 0.579. The molecule has 4 rings (SSSR count). The lowest BCUT2D eigenvalue weighted by atomic mass is 10.1. The average Bonchev–Trinajstić information content (AvgIpc) is 3.09. The van der Waals surface area contributed by atoms with E-state index in [9.17, 15) is 4.79 Å². The van der Waals surface area contributed by atoms with Crippen LogP contribution in [0.25, 0.3) is 20.4 Å². The first kappa shape index (κ1) is 14.1. The zero-order chi connectivity index (χ0) is 16.0. The van der Waals surface area contributed by atoms with Gasteiger partial charge in [-0.2, -0.15) is 0 Å². The molecule has 0 amide bonds. The molecule has 0 aliphatic heterocycles. The molecule has 4 aromatic heterocycles. The van der Waals surface area contributed by atoms with E-state index in [1.54, 1.807) is 17.1 Å². The molecule has 0 saturated carbocycles. The topological polar surface area (TPSA) is 73.8 Å². The molecule has 7 heteroatoms. The lowest BCUT2D eigenvalue weighted by molar-refractivity contribution is 0.392. The second-order valence-corrected chi connectivity index (χ2v) is 6.43. The van der Waals surface area contributed by atoms with Gasteiger partial charge in [0, 0.05) is 23.7 Å². The highest BCUT2D eigenvalue weighted by molar-refractivity contribution is 7.25. The Hall–Kier alpha value is -2.54. The molecular weight excluding hydrogens is 312 g/mol. The summed E-state index contributed by atoms with van der Waals surface area (Å²) in [5.74, 6) is 0.802. The third-order valence-electron chi connectivity index (χ3n) is 4.01. The molecule has 4 heterocycles. The fourth-order valence-electron chi connectivity index (χ4n) is 2.75. The molecule has 23 heavy (non-hydrogen) atoms. The van der Waals surface area contributed by atoms with E-state index in [0.29, 0.717) is 17.7 Å². The normalized spacial score (nSPS) is 11.6. The Morgan fingerprint density at radius 2 is 2.17 bits per heavy atom. The number of aromatic nitrogens is 4. The predicted molar refractivity (Wildman–Crippen MR) is 88.9 cm³/mol. The molecule has 0 N–H and O–H groups in total. The molecule has 6 nitrogen and oxygen atoms in total. The molecule has 0 aliphatic rings. The van der Waals surface area contributed by atoms with Gasteiger partial charge in [-0.05, 0) is 32.4 Å². The maximum Gasteiger partial charge on any atom is 0.271 e. The number of pyridine rings is 1. The molecule has 0 aromatic carbocycles. The molecule has 0 fully saturated rings. The van der Waals surface area contributed by atoms with Gasteiger partial charge in [-0.1, -0.05) is 5.16 Å². The summed E-state index contributed by atoms with van der Waals surface area (Å²) in [7, 11) is 0. The van der Waals surface area contributed by atoms with Gasteiger partial charge in [-0.25, -0.2) is 9.97 Å². The Morgan fingerprint density at radius 1 is 1.30 bits per heavy atom. The SMILES string of the molecule is Cc1noc(C)c1CCn1cnc2c(sc3ncccc32)c1=O. The molecular formula is C16H14N4O2S. The van der Waals surface area contributed by atoms with Crippen LogP contribution in [0.2, 0.25) is 0 Å². The average molecular weight is 326 g/mol. The van der Waals surface area contributed by atoms with E-state index in [2.05, 4.69) is 15.1 Å². The van der Waals surface area contributed by atoms with Crippen molar-refractivity contribution >= 4 is 31.8 Å². The second-order valence-electron chi connectivity index (χ2n) is 5.43. The Labute approximate surface area is 135 Å². The molecule has 0 unspecified atom stereocenters. The molecule has 0 radical (unpaired) electrons. The summed E-state index contributed by atoms with van der Waals surface area (Å²) in [5, 5.41) is 4.88. The Morgan fingerprint density at radius 3 is 2.96 bits per heavy atom. The first-order valence-corrected chi connectivity index (χ1v) is 8.11. The largest absolute Gasteiger partial charge is 0.361 e. The smallest absolute Gasteiger partial charge is 0.271 e. The zero-order valence-electron chi connectivity index (χ0n) is 12.7. The Kier molecular flexibility index (Phi) is 3.23. The molecule has 0 spiro atoms. The van der Waals surface area contributed by atoms with E-state index in [0.717, 1.165) is 32.8 Å². The fraction of sp³-hybridized carbons (Fsp3) is 0.250. The van der Waals surface area contributed by atoms with Gasteiger partial charge < -0.3 is 4.52 Å². The maximum absolute atomic E-state index is 12.7. The van der Waals surface area contributed by atoms with E-state index in [1.807, 2.05) is 26.0 Å². The summed E-state index contributed by atoms with van der Waals surface area (Å²) >= 11 is 1.39. The molecule has 0 bridgehead atoms. The predicted octanol–water partition coefficient (Wildman–Crippen LogP) is 2.85. The van der Waals surface area contributed by atoms with Crippen LogP contribution in [0.5, 0.6) is 0 Å². The first-order valence-electron chi connectivity index (χ1n) is 7.29. The second kappa shape index (κ2) is 5.27. The van der Waals surface area contributed by atoms with Gasteiger partial charge in [0.05, 0.1) is 17.5 Å². The number of hydrogen-bond acceptors (Lipinski definition) is 6. The fourth-order valence-corrected chi connectivity index (χ4v) is 3.80. The van der Waals surface area contributed by atoms with Crippen molar-refractivity contribution in [3.8, 4) is 0 Å². The molecule has 0 aliphatic carbocycles. The van der Waals surface area contributed by atoms with Crippen molar-refractivity contribution in [1.29, 1.82) is 0 Å². The van der Waals surface area contributed by atoms with Crippen molar-refractivity contribution < 1.29 is 4.52 Å². The summed E-state index contributed by atoms with van der Waals surface area (Å²) < 4.78 is 7.46. The zero-order valence-corrected chi connectivity index (χ0v) is 13.6. The lowest BCUT2D eigenvalue weighted by Gasteiger charge is -2.04. The van der Waals surface area contributed by atoms with Crippen LogP contribution in [0.15, 0.2) is 34.0 Å². The van der Waals surface area contributed by atoms with E-state index >= 15 is 0 Å². The Balaban J connectivity index is 1.75. The van der Waals surface area contributed by atoms with E-state index < -0.39 is 0 Å². The van der Waals surface area contributed by atoms with Crippen molar-refractivity contribution in [2.45, 2.75) is 26.8 Å². The Bertz CT molecular complexity index is 1060. The maximum atomic E-state index is 12.7. The summed E-state index contributed by atoms with van der Waals surface area (Å²) in [6.07, 6.45) is 4.03. The van der Waals surface area contributed by atoms with E-state index in [-0.39, 0.29) is 5.56 Å². The highest BCUT2D eigenvalue weighted by Gasteiger charge is 2.13. The molecule has 4 aromatic rings. The highest BCUT2D eigenvalue weighted by Crippen LogP contribution is 2.28. The lowest BCUT2D eigenvalue weighted by Crippen LogP contribution is -2.20. The standard InChI is InChI=1S/C16H14N4O2S/c1-9-11(10(2)22-19-9)5-7-20-8-18-13-12-4-3-6-17-15(12)23-14(13)16(20)21/h3-4,6,8H,5,7H2,1-2H3. The van der Waals surface area contributed by atoms with Crippen molar-refractivity contribution in [1.82, 2.24) is 19.7 Å².